The summed E-state index contributed by atoms with van der Waals surface area (Å²) < 4.78 is 0. The number of aromatic nitrogens is 1. The van der Waals surface area contributed by atoms with E-state index in [0.717, 1.165) is 12.2 Å². The Hall–Kier alpha value is -0.930. The van der Waals surface area contributed by atoms with E-state index < -0.39 is 0 Å². The Balaban J connectivity index is 1.97. The first-order valence-corrected chi connectivity index (χ1v) is 7.60. The first-order valence-electron chi connectivity index (χ1n) is 7.60. The van der Waals surface area contributed by atoms with Gasteiger partial charge in [-0.3, -0.25) is 9.88 Å². The summed E-state index contributed by atoms with van der Waals surface area (Å²) in [5.74, 6) is 0. The Bertz CT molecular complexity index is 366. The van der Waals surface area contributed by atoms with Crippen LogP contribution in [-0.4, -0.2) is 28.5 Å². The van der Waals surface area contributed by atoms with Gasteiger partial charge in [0.1, 0.15) is 0 Å². The maximum atomic E-state index is 6.01. The summed E-state index contributed by atoms with van der Waals surface area (Å²) in [5.41, 5.74) is 8.43. The largest absolute Gasteiger partial charge is 0.328 e. The monoisotopic (exact) mass is 261 g/mol. The average molecular weight is 261 g/mol. The predicted octanol–water partition coefficient (Wildman–Crippen LogP) is 2.87. The molecule has 1 aromatic rings. The van der Waals surface area contributed by atoms with E-state index in [1.165, 1.54) is 44.2 Å². The summed E-state index contributed by atoms with van der Waals surface area (Å²) in [6.45, 7) is 6.50. The molecule has 3 nitrogen and oxygen atoms in total. The fourth-order valence-electron chi connectivity index (χ4n) is 2.97. The van der Waals surface area contributed by atoms with Gasteiger partial charge in [0.2, 0.25) is 0 Å². The quantitative estimate of drug-likeness (QED) is 0.886. The van der Waals surface area contributed by atoms with Crippen LogP contribution in [0, 0.1) is 6.92 Å². The van der Waals surface area contributed by atoms with Crippen LogP contribution in [0.25, 0.3) is 0 Å². The van der Waals surface area contributed by atoms with Gasteiger partial charge < -0.3 is 5.73 Å². The van der Waals surface area contributed by atoms with Crippen LogP contribution in [0.1, 0.15) is 50.3 Å². The highest BCUT2D eigenvalue weighted by atomic mass is 15.2. The summed E-state index contributed by atoms with van der Waals surface area (Å²) in [6.07, 6.45) is 8.09. The van der Waals surface area contributed by atoms with E-state index in [0.29, 0.717) is 12.1 Å². The smallest absolute Gasteiger partial charge is 0.0372 e. The van der Waals surface area contributed by atoms with Gasteiger partial charge in [-0.1, -0.05) is 13.0 Å². The van der Waals surface area contributed by atoms with Gasteiger partial charge in [0.15, 0.2) is 0 Å². The molecular weight excluding hydrogens is 234 g/mol. The van der Waals surface area contributed by atoms with E-state index >= 15 is 0 Å². The molecule has 19 heavy (non-hydrogen) atoms. The second kappa shape index (κ2) is 7.01. The molecule has 0 saturated heterocycles. The van der Waals surface area contributed by atoms with Gasteiger partial charge in [-0.15, -0.1) is 0 Å². The predicted molar refractivity (Wildman–Crippen MR) is 79.9 cm³/mol. The molecule has 0 amide bonds. The van der Waals surface area contributed by atoms with Crippen molar-refractivity contribution in [1.29, 1.82) is 0 Å². The number of pyridine rings is 1. The van der Waals surface area contributed by atoms with Crippen LogP contribution >= 0.6 is 0 Å². The van der Waals surface area contributed by atoms with Crippen molar-refractivity contribution in [3.63, 3.8) is 0 Å². The Morgan fingerprint density at radius 3 is 2.58 bits per heavy atom. The second-order valence-electron chi connectivity index (χ2n) is 5.85. The standard InChI is InChI=1S/C16H27N3/c1-3-10-19(16-8-6-15(17)7-9-16)12-14-5-4-13(2)18-11-14/h4-5,11,15-16H,3,6-10,12,17H2,1-2H3. The van der Waals surface area contributed by atoms with Crippen LogP contribution in [-0.2, 0) is 6.54 Å². The number of hydrogen-bond acceptors (Lipinski definition) is 3. The highest BCUT2D eigenvalue weighted by Crippen LogP contribution is 2.23. The van der Waals surface area contributed by atoms with Gasteiger partial charge in [0.05, 0.1) is 0 Å². The third-order valence-electron chi connectivity index (χ3n) is 4.13. The highest BCUT2D eigenvalue weighted by molar-refractivity contribution is 5.13. The summed E-state index contributed by atoms with van der Waals surface area (Å²) in [7, 11) is 0. The van der Waals surface area contributed by atoms with Gasteiger partial charge in [0, 0.05) is 30.5 Å². The van der Waals surface area contributed by atoms with E-state index in [1.807, 2.05) is 13.1 Å². The molecular formula is C16H27N3. The molecule has 106 valence electrons. The fourth-order valence-corrected chi connectivity index (χ4v) is 2.97. The van der Waals surface area contributed by atoms with Gasteiger partial charge in [0.25, 0.3) is 0 Å². The maximum absolute atomic E-state index is 6.01. The average Bonchev–Trinajstić information content (AvgIpc) is 2.42. The first-order chi connectivity index (χ1) is 9.19. The van der Waals surface area contributed by atoms with Crippen LogP contribution in [0.2, 0.25) is 0 Å². The van der Waals surface area contributed by atoms with Gasteiger partial charge in [-0.25, -0.2) is 0 Å². The van der Waals surface area contributed by atoms with Gasteiger partial charge >= 0.3 is 0 Å². The summed E-state index contributed by atoms with van der Waals surface area (Å²) in [5, 5.41) is 0. The molecule has 1 aliphatic carbocycles. The van der Waals surface area contributed by atoms with E-state index in [9.17, 15) is 0 Å². The number of aryl methyl sites for hydroxylation is 1. The third kappa shape index (κ3) is 4.29. The van der Waals surface area contributed by atoms with Crippen LogP contribution in [0.3, 0.4) is 0 Å². The molecule has 0 aromatic carbocycles. The van der Waals surface area contributed by atoms with Crippen molar-refractivity contribution >= 4 is 0 Å². The Kier molecular flexibility index (Phi) is 5.34. The van der Waals surface area contributed by atoms with Crippen molar-refractivity contribution in [2.45, 2.75) is 64.6 Å². The fraction of sp³-hybridized carbons (Fsp3) is 0.688. The molecule has 1 fully saturated rings. The van der Waals surface area contributed by atoms with Crippen molar-refractivity contribution in [2.75, 3.05) is 6.54 Å². The van der Waals surface area contributed by atoms with E-state index in [4.69, 9.17) is 5.73 Å². The lowest BCUT2D eigenvalue weighted by Crippen LogP contribution is -2.40. The number of nitrogens with two attached hydrogens (primary N) is 1. The Morgan fingerprint density at radius 2 is 2.00 bits per heavy atom. The zero-order valence-corrected chi connectivity index (χ0v) is 12.3. The molecule has 1 heterocycles. The highest BCUT2D eigenvalue weighted by Gasteiger charge is 2.23. The molecule has 3 heteroatoms. The van der Waals surface area contributed by atoms with Crippen LogP contribution in [0.15, 0.2) is 18.3 Å². The van der Waals surface area contributed by atoms with E-state index in [2.05, 4.69) is 28.9 Å². The van der Waals surface area contributed by atoms with Crippen molar-refractivity contribution < 1.29 is 0 Å². The Morgan fingerprint density at radius 1 is 1.26 bits per heavy atom. The molecule has 1 aliphatic rings. The molecule has 2 rings (SSSR count). The minimum atomic E-state index is 0.431. The first kappa shape index (κ1) is 14.5. The minimum Gasteiger partial charge on any atom is -0.328 e. The molecule has 1 saturated carbocycles. The maximum Gasteiger partial charge on any atom is 0.0372 e. The lowest BCUT2D eigenvalue weighted by Gasteiger charge is -2.36. The van der Waals surface area contributed by atoms with Crippen molar-refractivity contribution in [1.82, 2.24) is 9.88 Å². The number of nitrogens with zero attached hydrogens (tertiary/aromatic N) is 2. The SMILES string of the molecule is CCCN(Cc1ccc(C)nc1)C1CCC(N)CC1. The van der Waals surface area contributed by atoms with E-state index in [1.54, 1.807) is 0 Å². The third-order valence-corrected chi connectivity index (χ3v) is 4.13. The van der Waals surface area contributed by atoms with E-state index in [-0.39, 0.29) is 0 Å². The topological polar surface area (TPSA) is 42.2 Å². The molecule has 1 aromatic heterocycles. The van der Waals surface area contributed by atoms with Crippen LogP contribution in [0.5, 0.6) is 0 Å². The van der Waals surface area contributed by atoms with Crippen molar-refractivity contribution in [2.24, 2.45) is 5.73 Å². The van der Waals surface area contributed by atoms with Gasteiger partial charge in [-0.2, -0.15) is 0 Å². The van der Waals surface area contributed by atoms with Gasteiger partial charge in [-0.05, 0) is 57.2 Å². The second-order valence-corrected chi connectivity index (χ2v) is 5.85. The van der Waals surface area contributed by atoms with Crippen LogP contribution in [0.4, 0.5) is 0 Å². The molecule has 0 spiro atoms. The van der Waals surface area contributed by atoms with Crippen molar-refractivity contribution in [3.8, 4) is 0 Å². The number of rotatable bonds is 5. The molecule has 0 unspecified atom stereocenters. The van der Waals surface area contributed by atoms with Crippen molar-refractivity contribution in [3.05, 3.63) is 29.6 Å². The summed E-state index contributed by atoms with van der Waals surface area (Å²) in [6, 6.07) is 5.46. The minimum absolute atomic E-state index is 0.431. The Labute approximate surface area is 117 Å². The van der Waals surface area contributed by atoms with Crippen LogP contribution < -0.4 is 5.73 Å². The number of hydrogen-bond donors (Lipinski definition) is 1. The zero-order valence-electron chi connectivity index (χ0n) is 12.3. The lowest BCUT2D eigenvalue weighted by atomic mass is 9.90. The summed E-state index contributed by atoms with van der Waals surface area (Å²) >= 11 is 0. The molecule has 0 aliphatic heterocycles. The lowest BCUT2D eigenvalue weighted by molar-refractivity contribution is 0.142. The normalized spacial score (nSPS) is 23.8. The molecule has 0 atom stereocenters. The molecule has 0 radical (unpaired) electrons. The summed E-state index contributed by atoms with van der Waals surface area (Å²) in [4.78, 5) is 7.03. The molecule has 2 N–H and O–H groups in total. The molecule has 0 bridgehead atoms. The zero-order chi connectivity index (χ0) is 13.7.